The molecule has 2 aromatic carbocycles. The van der Waals surface area contributed by atoms with Gasteiger partial charge in [0, 0.05) is 12.1 Å². The summed E-state index contributed by atoms with van der Waals surface area (Å²) < 4.78 is 7.03. The molecule has 0 spiro atoms. The number of aryl methyl sites for hydroxylation is 1. The van der Waals surface area contributed by atoms with Crippen LogP contribution in [-0.4, -0.2) is 37.1 Å². The van der Waals surface area contributed by atoms with Crippen LogP contribution >= 0.6 is 0 Å². The van der Waals surface area contributed by atoms with E-state index in [2.05, 4.69) is 42.7 Å². The summed E-state index contributed by atoms with van der Waals surface area (Å²) in [6.45, 7) is 0.720. The zero-order valence-corrected chi connectivity index (χ0v) is 16.0. The second-order valence-electron chi connectivity index (χ2n) is 6.45. The van der Waals surface area contributed by atoms with Crippen LogP contribution < -0.4 is 10.1 Å². The lowest BCUT2D eigenvalue weighted by Gasteiger charge is -2.19. The molecule has 1 N–H and O–H groups in total. The summed E-state index contributed by atoms with van der Waals surface area (Å²) in [6, 6.07) is 17.9. The fraction of sp³-hybridized carbons (Fsp3) is 0.190. The van der Waals surface area contributed by atoms with E-state index in [1.807, 2.05) is 47.1 Å². The number of benzene rings is 2. The van der Waals surface area contributed by atoms with E-state index < -0.39 is 0 Å². The third kappa shape index (κ3) is 4.73. The van der Waals surface area contributed by atoms with E-state index >= 15 is 0 Å². The molecule has 2 aromatic heterocycles. The Bertz CT molecular complexity index is 1020. The number of hydrogen-bond donors (Lipinski definition) is 1. The Balaban J connectivity index is 1.54. The SMILES string of the molecule is COc1ccc(-c2cnnc(NC(CCn3cncn3)c3ccccc3)n2)cc1. The molecule has 4 rings (SSSR count). The molecule has 0 radical (unpaired) electrons. The van der Waals surface area contributed by atoms with Gasteiger partial charge in [0.2, 0.25) is 5.95 Å². The highest BCUT2D eigenvalue weighted by atomic mass is 16.5. The molecule has 0 saturated heterocycles. The largest absolute Gasteiger partial charge is 0.497 e. The fourth-order valence-electron chi connectivity index (χ4n) is 3.04. The van der Waals surface area contributed by atoms with Gasteiger partial charge in [-0.3, -0.25) is 4.68 Å². The van der Waals surface area contributed by atoms with Crippen molar-refractivity contribution >= 4 is 5.95 Å². The van der Waals surface area contributed by atoms with Crippen molar-refractivity contribution in [1.82, 2.24) is 29.9 Å². The van der Waals surface area contributed by atoms with Crippen molar-refractivity contribution in [3.63, 3.8) is 0 Å². The van der Waals surface area contributed by atoms with Gasteiger partial charge in [-0.15, -0.1) is 5.10 Å². The number of anilines is 1. The van der Waals surface area contributed by atoms with E-state index in [9.17, 15) is 0 Å². The molecule has 29 heavy (non-hydrogen) atoms. The summed E-state index contributed by atoms with van der Waals surface area (Å²) in [7, 11) is 1.65. The summed E-state index contributed by atoms with van der Waals surface area (Å²) in [5, 5.41) is 15.9. The van der Waals surface area contributed by atoms with Gasteiger partial charge in [0.05, 0.1) is 25.0 Å². The van der Waals surface area contributed by atoms with Gasteiger partial charge >= 0.3 is 0 Å². The molecule has 0 bridgehead atoms. The highest BCUT2D eigenvalue weighted by Gasteiger charge is 2.14. The molecular formula is C21H21N7O. The molecule has 2 heterocycles. The molecule has 8 heteroatoms. The van der Waals surface area contributed by atoms with Crippen molar-refractivity contribution in [2.24, 2.45) is 0 Å². The molecule has 4 aromatic rings. The molecule has 0 aliphatic carbocycles. The maximum atomic E-state index is 5.22. The third-order valence-corrected chi connectivity index (χ3v) is 4.56. The minimum atomic E-state index is 0.00770. The number of nitrogens with zero attached hydrogens (tertiary/aromatic N) is 6. The third-order valence-electron chi connectivity index (χ3n) is 4.56. The lowest BCUT2D eigenvalue weighted by molar-refractivity contribution is 0.415. The quantitative estimate of drug-likeness (QED) is 0.495. The maximum Gasteiger partial charge on any atom is 0.243 e. The van der Waals surface area contributed by atoms with Crippen LogP contribution in [0.4, 0.5) is 5.95 Å². The minimum absolute atomic E-state index is 0.00770. The first-order chi connectivity index (χ1) is 14.3. The van der Waals surface area contributed by atoms with Gasteiger partial charge < -0.3 is 10.1 Å². The number of methoxy groups -OCH3 is 1. The smallest absolute Gasteiger partial charge is 0.243 e. The average molecular weight is 387 g/mol. The first-order valence-electron chi connectivity index (χ1n) is 9.30. The normalized spacial score (nSPS) is 11.8. The van der Waals surface area contributed by atoms with Gasteiger partial charge in [0.15, 0.2) is 0 Å². The number of hydrogen-bond acceptors (Lipinski definition) is 7. The molecule has 0 aliphatic heterocycles. The second-order valence-corrected chi connectivity index (χ2v) is 6.45. The predicted molar refractivity (Wildman–Crippen MR) is 109 cm³/mol. The van der Waals surface area contributed by atoms with Gasteiger partial charge in [-0.2, -0.15) is 10.2 Å². The van der Waals surface area contributed by atoms with Crippen molar-refractivity contribution in [1.29, 1.82) is 0 Å². The van der Waals surface area contributed by atoms with Gasteiger partial charge in [-0.25, -0.2) is 9.97 Å². The molecule has 0 fully saturated rings. The van der Waals surface area contributed by atoms with Crippen LogP contribution in [0.25, 0.3) is 11.3 Å². The lowest BCUT2D eigenvalue weighted by Crippen LogP contribution is -2.16. The number of rotatable bonds is 8. The van der Waals surface area contributed by atoms with Crippen LogP contribution in [0.2, 0.25) is 0 Å². The van der Waals surface area contributed by atoms with E-state index in [-0.39, 0.29) is 6.04 Å². The summed E-state index contributed by atoms with van der Waals surface area (Å²) in [4.78, 5) is 8.65. The number of ether oxygens (including phenoxy) is 1. The Morgan fingerprint density at radius 2 is 1.90 bits per heavy atom. The summed E-state index contributed by atoms with van der Waals surface area (Å²) in [5.41, 5.74) is 2.84. The average Bonchev–Trinajstić information content (AvgIpc) is 3.31. The molecule has 1 atom stereocenters. The predicted octanol–water partition coefficient (Wildman–Crippen LogP) is 3.38. The Morgan fingerprint density at radius 1 is 1.07 bits per heavy atom. The fourth-order valence-corrected chi connectivity index (χ4v) is 3.04. The first-order valence-corrected chi connectivity index (χ1v) is 9.30. The molecule has 1 unspecified atom stereocenters. The molecule has 8 nitrogen and oxygen atoms in total. The minimum Gasteiger partial charge on any atom is -0.497 e. The van der Waals surface area contributed by atoms with Crippen molar-refractivity contribution in [3.8, 4) is 17.0 Å². The topological polar surface area (TPSA) is 90.6 Å². The van der Waals surface area contributed by atoms with Crippen LogP contribution in [0, 0.1) is 0 Å². The highest BCUT2D eigenvalue weighted by molar-refractivity contribution is 5.60. The van der Waals surface area contributed by atoms with E-state index in [0.29, 0.717) is 5.95 Å². The van der Waals surface area contributed by atoms with Crippen molar-refractivity contribution in [3.05, 3.63) is 79.0 Å². The van der Waals surface area contributed by atoms with Gasteiger partial charge in [0.1, 0.15) is 18.4 Å². The zero-order chi connectivity index (χ0) is 19.9. The van der Waals surface area contributed by atoms with Gasteiger partial charge in [-0.1, -0.05) is 30.3 Å². The maximum absolute atomic E-state index is 5.22. The van der Waals surface area contributed by atoms with E-state index in [1.54, 1.807) is 19.6 Å². The Morgan fingerprint density at radius 3 is 2.62 bits per heavy atom. The van der Waals surface area contributed by atoms with E-state index in [4.69, 9.17) is 4.74 Å². The molecular weight excluding hydrogens is 366 g/mol. The molecule has 0 amide bonds. The van der Waals surface area contributed by atoms with Crippen LogP contribution in [0.1, 0.15) is 18.0 Å². The van der Waals surface area contributed by atoms with Crippen LogP contribution in [0.15, 0.2) is 73.4 Å². The Hall–Kier alpha value is -3.81. The molecule has 0 aliphatic rings. The standard InChI is InChI=1S/C21H21N7O/c1-29-18-9-7-17(8-10-18)20-13-23-27-21(26-20)25-19(16-5-3-2-4-6-16)11-12-28-15-22-14-24-28/h2-10,13-15,19H,11-12H2,1H3,(H,25,26,27). The first kappa shape index (κ1) is 18.5. The van der Waals surface area contributed by atoms with Crippen molar-refractivity contribution in [2.75, 3.05) is 12.4 Å². The number of nitrogens with one attached hydrogen (secondary N) is 1. The van der Waals surface area contributed by atoms with Gasteiger partial charge in [0.25, 0.3) is 0 Å². The van der Waals surface area contributed by atoms with Crippen LogP contribution in [0.5, 0.6) is 5.75 Å². The summed E-state index contributed by atoms with van der Waals surface area (Å²) in [6.07, 6.45) is 5.70. The second kappa shape index (κ2) is 8.92. The summed E-state index contributed by atoms with van der Waals surface area (Å²) >= 11 is 0. The van der Waals surface area contributed by atoms with E-state index in [0.717, 1.165) is 35.5 Å². The highest BCUT2D eigenvalue weighted by Crippen LogP contribution is 2.24. The van der Waals surface area contributed by atoms with Crippen molar-refractivity contribution in [2.45, 2.75) is 19.0 Å². The van der Waals surface area contributed by atoms with E-state index in [1.165, 1.54) is 6.33 Å². The molecule has 0 saturated carbocycles. The molecule has 146 valence electrons. The van der Waals surface area contributed by atoms with Crippen LogP contribution in [0.3, 0.4) is 0 Å². The monoisotopic (exact) mass is 387 g/mol. The van der Waals surface area contributed by atoms with Gasteiger partial charge in [-0.05, 0) is 36.2 Å². The Labute approximate surface area is 168 Å². The lowest BCUT2D eigenvalue weighted by atomic mass is 10.0. The Kier molecular flexibility index (Phi) is 5.70. The van der Waals surface area contributed by atoms with Crippen molar-refractivity contribution < 1.29 is 4.74 Å². The zero-order valence-electron chi connectivity index (χ0n) is 16.0. The van der Waals surface area contributed by atoms with Crippen LogP contribution in [-0.2, 0) is 6.54 Å². The number of aromatic nitrogens is 6. The summed E-state index contributed by atoms with van der Waals surface area (Å²) in [5.74, 6) is 1.28.